The van der Waals surface area contributed by atoms with Crippen LogP contribution in [0, 0.1) is 6.92 Å². The van der Waals surface area contributed by atoms with E-state index in [2.05, 4.69) is 36.6 Å². The number of amides is 1. The van der Waals surface area contributed by atoms with Gasteiger partial charge in [-0.1, -0.05) is 30.3 Å². The van der Waals surface area contributed by atoms with Crippen LogP contribution in [0.1, 0.15) is 18.2 Å². The van der Waals surface area contributed by atoms with Crippen LogP contribution in [0.4, 0.5) is 11.6 Å². The molecular weight excluding hydrogens is 490 g/mol. The van der Waals surface area contributed by atoms with Crippen molar-refractivity contribution in [1.29, 1.82) is 0 Å². The van der Waals surface area contributed by atoms with E-state index in [4.69, 9.17) is 11.6 Å². The largest absolute Gasteiger partial charge is 0.280 e. The number of azo groups is 1. The van der Waals surface area contributed by atoms with E-state index in [9.17, 15) is 13.2 Å². The highest BCUT2D eigenvalue weighted by Gasteiger charge is 2.35. The van der Waals surface area contributed by atoms with Gasteiger partial charge in [0.2, 0.25) is 5.95 Å². The van der Waals surface area contributed by atoms with Gasteiger partial charge in [0.25, 0.3) is 15.9 Å². The van der Waals surface area contributed by atoms with Crippen LogP contribution in [0.3, 0.4) is 0 Å². The predicted molar refractivity (Wildman–Crippen MR) is 133 cm³/mol. The molecule has 4 rings (SSSR count). The quantitative estimate of drug-likeness (QED) is 0.466. The normalized spacial score (nSPS) is 16.0. The summed E-state index contributed by atoms with van der Waals surface area (Å²) in [5, 5.41) is 14.2. The minimum absolute atomic E-state index is 0.00156. The molecule has 1 amide bonds. The summed E-state index contributed by atoms with van der Waals surface area (Å²) in [4.78, 5) is 20.8. The molecule has 0 bridgehead atoms. The highest BCUT2D eigenvalue weighted by atomic mass is 35.5. The third-order valence-corrected chi connectivity index (χ3v) is 6.58. The van der Waals surface area contributed by atoms with Gasteiger partial charge in [0.1, 0.15) is 0 Å². The SMILES string of the molecule is C=C(c1ccc(Cl)cc1)N1N=C(C)C(N=Nc2ccc(S(=O)(=O)Nc3nccc(C)n3)cc2)C1=O. The van der Waals surface area contributed by atoms with E-state index in [-0.39, 0.29) is 10.8 Å². The van der Waals surface area contributed by atoms with Gasteiger partial charge in [-0.25, -0.2) is 23.1 Å². The summed E-state index contributed by atoms with van der Waals surface area (Å²) in [5.74, 6) is -0.416. The predicted octanol–water partition coefficient (Wildman–Crippen LogP) is 4.58. The Hall–Kier alpha value is -3.96. The number of carbonyl (C=O) groups excluding carboxylic acids is 1. The number of rotatable bonds is 7. The van der Waals surface area contributed by atoms with E-state index >= 15 is 0 Å². The summed E-state index contributed by atoms with van der Waals surface area (Å²) in [7, 11) is -3.89. The molecule has 1 aliphatic rings. The molecule has 10 nitrogen and oxygen atoms in total. The lowest BCUT2D eigenvalue weighted by Gasteiger charge is -2.15. The van der Waals surface area contributed by atoms with Gasteiger partial charge in [-0.05, 0) is 61.9 Å². The van der Waals surface area contributed by atoms with E-state index in [1.807, 2.05) is 0 Å². The fourth-order valence-corrected chi connectivity index (χ4v) is 4.22. The number of nitrogens with zero attached hydrogens (tertiary/aromatic N) is 6. The van der Waals surface area contributed by atoms with Crippen molar-refractivity contribution in [3.8, 4) is 0 Å². The minimum Gasteiger partial charge on any atom is -0.269 e. The van der Waals surface area contributed by atoms with Gasteiger partial charge in [-0.2, -0.15) is 20.3 Å². The molecule has 3 aromatic rings. The number of aryl methyl sites for hydroxylation is 1. The second-order valence-electron chi connectivity index (χ2n) is 7.58. The van der Waals surface area contributed by atoms with E-state index in [1.54, 1.807) is 44.2 Å². The second kappa shape index (κ2) is 9.72. The number of hydrogen-bond donors (Lipinski definition) is 1. The minimum atomic E-state index is -3.89. The van der Waals surface area contributed by atoms with Gasteiger partial charge in [0.15, 0.2) is 6.04 Å². The Labute approximate surface area is 207 Å². The van der Waals surface area contributed by atoms with Gasteiger partial charge in [0, 0.05) is 16.9 Å². The van der Waals surface area contributed by atoms with Gasteiger partial charge in [0.05, 0.1) is 22.0 Å². The lowest BCUT2D eigenvalue weighted by Crippen LogP contribution is -2.28. The van der Waals surface area contributed by atoms with Crippen molar-refractivity contribution in [3.63, 3.8) is 0 Å². The lowest BCUT2D eigenvalue weighted by atomic mass is 10.1. The Bertz CT molecular complexity index is 1450. The fourth-order valence-electron chi connectivity index (χ4n) is 3.14. The number of hydrogen-bond acceptors (Lipinski definition) is 8. The van der Waals surface area contributed by atoms with Gasteiger partial charge in [-0.3, -0.25) is 4.79 Å². The van der Waals surface area contributed by atoms with Crippen LogP contribution in [0.25, 0.3) is 5.70 Å². The first-order valence-electron chi connectivity index (χ1n) is 10.3. The molecule has 1 aromatic heterocycles. The summed E-state index contributed by atoms with van der Waals surface area (Å²) >= 11 is 5.92. The van der Waals surface area contributed by atoms with Crippen molar-refractivity contribution in [2.24, 2.45) is 15.3 Å². The van der Waals surface area contributed by atoms with Crippen LogP contribution in [0.5, 0.6) is 0 Å². The van der Waals surface area contributed by atoms with Crippen molar-refractivity contribution < 1.29 is 13.2 Å². The molecule has 35 heavy (non-hydrogen) atoms. The third-order valence-electron chi connectivity index (χ3n) is 4.99. The fraction of sp³-hybridized carbons (Fsp3) is 0.130. The van der Waals surface area contributed by atoms with Crippen LogP contribution in [-0.2, 0) is 14.8 Å². The topological polar surface area (TPSA) is 129 Å². The molecule has 12 heteroatoms. The van der Waals surface area contributed by atoms with E-state index in [0.717, 1.165) is 0 Å². The first-order valence-corrected chi connectivity index (χ1v) is 12.2. The van der Waals surface area contributed by atoms with Gasteiger partial charge < -0.3 is 0 Å². The van der Waals surface area contributed by atoms with E-state index in [0.29, 0.717) is 33.4 Å². The zero-order valence-corrected chi connectivity index (χ0v) is 20.3. The molecule has 2 heterocycles. The van der Waals surface area contributed by atoms with Crippen molar-refractivity contribution in [2.75, 3.05) is 4.72 Å². The summed E-state index contributed by atoms with van der Waals surface area (Å²) in [6.07, 6.45) is 1.46. The first-order chi connectivity index (χ1) is 16.6. The van der Waals surface area contributed by atoms with Crippen molar-refractivity contribution in [2.45, 2.75) is 24.8 Å². The molecular formula is C23H20ClN7O3S. The molecule has 0 aliphatic carbocycles. The van der Waals surface area contributed by atoms with E-state index in [1.165, 1.54) is 35.5 Å². The molecule has 0 fully saturated rings. The maximum absolute atomic E-state index is 12.9. The zero-order valence-electron chi connectivity index (χ0n) is 18.8. The molecule has 0 saturated heterocycles. The van der Waals surface area contributed by atoms with Gasteiger partial charge >= 0.3 is 0 Å². The Morgan fingerprint density at radius 1 is 1.09 bits per heavy atom. The maximum atomic E-state index is 12.9. The number of hydrazone groups is 1. The summed E-state index contributed by atoms with van der Waals surface area (Å²) in [5.41, 5.74) is 2.53. The third kappa shape index (κ3) is 5.42. The van der Waals surface area contributed by atoms with Crippen LogP contribution in [0.2, 0.25) is 5.02 Å². The highest BCUT2D eigenvalue weighted by molar-refractivity contribution is 7.92. The number of anilines is 1. The number of aromatic nitrogens is 2. The van der Waals surface area contributed by atoms with Crippen molar-refractivity contribution in [1.82, 2.24) is 15.0 Å². The summed E-state index contributed by atoms with van der Waals surface area (Å²) < 4.78 is 27.5. The van der Waals surface area contributed by atoms with Crippen LogP contribution in [0.15, 0.2) is 87.6 Å². The zero-order chi connectivity index (χ0) is 25.2. The maximum Gasteiger partial charge on any atom is 0.280 e. The average molecular weight is 510 g/mol. The standard InChI is InChI=1S/C23H20ClN7O3S/c1-14-12-13-25-23(26-14)30-35(33,34)20-10-8-19(9-11-20)27-28-21-15(2)29-31(22(21)32)16(3)17-4-6-18(24)7-5-17/h4-13,21H,3H2,1-2H3,(H,25,26,30). The molecule has 1 aliphatic heterocycles. The van der Waals surface area contributed by atoms with Crippen molar-refractivity contribution in [3.05, 3.63) is 83.7 Å². The smallest absolute Gasteiger partial charge is 0.269 e. The second-order valence-corrected chi connectivity index (χ2v) is 9.70. The summed E-state index contributed by atoms with van der Waals surface area (Å²) in [6.45, 7) is 7.35. The van der Waals surface area contributed by atoms with E-state index < -0.39 is 22.0 Å². The Morgan fingerprint density at radius 3 is 2.43 bits per heavy atom. The number of sulfonamides is 1. The highest BCUT2D eigenvalue weighted by Crippen LogP contribution is 2.26. The van der Waals surface area contributed by atoms with Crippen molar-refractivity contribution >= 4 is 50.6 Å². The number of halogens is 1. The van der Waals surface area contributed by atoms with Crippen LogP contribution < -0.4 is 4.72 Å². The number of benzene rings is 2. The number of carbonyl (C=O) groups is 1. The molecule has 2 aromatic carbocycles. The molecule has 0 spiro atoms. The van der Waals surface area contributed by atoms with Crippen LogP contribution in [-0.4, -0.2) is 41.1 Å². The average Bonchev–Trinajstić information content (AvgIpc) is 3.11. The molecule has 1 atom stereocenters. The molecule has 1 unspecified atom stereocenters. The lowest BCUT2D eigenvalue weighted by molar-refractivity contribution is -0.126. The Balaban J connectivity index is 1.45. The summed E-state index contributed by atoms with van der Waals surface area (Å²) in [6, 6.07) is 13.3. The Kier molecular flexibility index (Phi) is 6.72. The molecule has 178 valence electrons. The van der Waals surface area contributed by atoms with Gasteiger partial charge in [-0.15, -0.1) is 0 Å². The Morgan fingerprint density at radius 2 is 1.77 bits per heavy atom. The monoisotopic (exact) mass is 509 g/mol. The number of nitrogens with one attached hydrogen (secondary N) is 1. The van der Waals surface area contributed by atoms with Crippen LogP contribution >= 0.6 is 11.6 Å². The molecule has 0 radical (unpaired) electrons. The molecule has 0 saturated carbocycles. The first kappa shape index (κ1) is 24.2. The molecule has 1 N–H and O–H groups in total.